The third-order valence-electron chi connectivity index (χ3n) is 2.07. The van der Waals surface area contributed by atoms with Gasteiger partial charge in [-0.1, -0.05) is 31.9 Å². The maximum atomic E-state index is 10.9. The normalized spacial score (nSPS) is 10.7. The molecule has 0 radical (unpaired) electrons. The lowest BCUT2D eigenvalue weighted by Gasteiger charge is -2.03. The van der Waals surface area contributed by atoms with Crippen LogP contribution in [0.15, 0.2) is 22.0 Å². The predicted octanol–water partition coefficient (Wildman–Crippen LogP) is 4.37. The fraction of sp³-hybridized carbons (Fsp3) is 0.100. The van der Waals surface area contributed by atoms with Gasteiger partial charge in [-0.25, -0.2) is 0 Å². The van der Waals surface area contributed by atoms with Crippen LogP contribution < -0.4 is 0 Å². The zero-order chi connectivity index (χ0) is 10.1. The van der Waals surface area contributed by atoms with Crippen molar-refractivity contribution < 1.29 is 4.79 Å². The van der Waals surface area contributed by atoms with Crippen LogP contribution in [-0.2, 0) is 5.33 Å². The molecule has 0 saturated heterocycles. The second-order valence-electron chi connectivity index (χ2n) is 2.85. The number of carbonyl (C=O) groups is 1. The van der Waals surface area contributed by atoms with Gasteiger partial charge in [-0.05, 0) is 23.1 Å². The Morgan fingerprint density at radius 1 is 1.50 bits per heavy atom. The van der Waals surface area contributed by atoms with Gasteiger partial charge in [-0.2, -0.15) is 0 Å². The van der Waals surface area contributed by atoms with Crippen molar-refractivity contribution in [1.82, 2.24) is 0 Å². The molecule has 0 N–H and O–H groups in total. The second-order valence-corrected chi connectivity index (χ2v) is 5.18. The van der Waals surface area contributed by atoms with Crippen molar-refractivity contribution >= 4 is 59.6 Å². The topological polar surface area (TPSA) is 17.1 Å². The van der Waals surface area contributed by atoms with E-state index in [9.17, 15) is 4.79 Å². The zero-order valence-corrected chi connectivity index (χ0v) is 11.1. The molecule has 0 aliphatic carbocycles. The lowest BCUT2D eigenvalue weighted by molar-refractivity contribution is 0.112. The molecule has 0 unspecified atom stereocenters. The van der Waals surface area contributed by atoms with Crippen molar-refractivity contribution in [2.45, 2.75) is 5.33 Å². The molecular weight excluding hydrogens is 328 g/mol. The maximum Gasteiger partial charge on any atom is 0.151 e. The summed E-state index contributed by atoms with van der Waals surface area (Å²) in [4.78, 5) is 10.9. The minimum absolute atomic E-state index is 0.742. The quantitative estimate of drug-likeness (QED) is 0.589. The summed E-state index contributed by atoms with van der Waals surface area (Å²) in [6, 6.07) is 3.98. The third kappa shape index (κ3) is 1.55. The van der Waals surface area contributed by atoms with E-state index < -0.39 is 0 Å². The molecule has 0 amide bonds. The highest BCUT2D eigenvalue weighted by molar-refractivity contribution is 9.10. The molecule has 4 heteroatoms. The highest BCUT2D eigenvalue weighted by atomic mass is 79.9. The molecule has 0 atom stereocenters. The molecule has 0 bridgehead atoms. The van der Waals surface area contributed by atoms with Crippen molar-refractivity contribution in [3.63, 3.8) is 0 Å². The Bertz CT molecular complexity index is 490. The minimum Gasteiger partial charge on any atom is -0.298 e. The van der Waals surface area contributed by atoms with Crippen molar-refractivity contribution in [1.29, 1.82) is 0 Å². The number of aldehydes is 1. The van der Waals surface area contributed by atoms with Crippen LogP contribution in [0.3, 0.4) is 0 Å². The zero-order valence-electron chi connectivity index (χ0n) is 7.09. The third-order valence-corrected chi connectivity index (χ3v) is 4.32. The number of carbonyl (C=O) groups excluding carboxylic acids is 1. The van der Waals surface area contributed by atoms with Crippen molar-refractivity contribution in [3.8, 4) is 0 Å². The average Bonchev–Trinajstić information content (AvgIpc) is 2.65. The number of halogens is 2. The molecular formula is C10H6Br2OS. The van der Waals surface area contributed by atoms with Crippen LogP contribution in [-0.4, -0.2) is 6.29 Å². The Morgan fingerprint density at radius 3 is 2.93 bits per heavy atom. The molecule has 72 valence electrons. The summed E-state index contributed by atoms with van der Waals surface area (Å²) in [6.07, 6.45) is 0.900. The molecule has 1 heterocycles. The van der Waals surface area contributed by atoms with E-state index in [0.29, 0.717) is 0 Å². The molecule has 1 aromatic carbocycles. The molecule has 0 aliphatic heterocycles. The monoisotopic (exact) mass is 332 g/mol. The summed E-state index contributed by atoms with van der Waals surface area (Å²) in [6.45, 7) is 0. The highest BCUT2D eigenvalue weighted by Crippen LogP contribution is 2.33. The summed E-state index contributed by atoms with van der Waals surface area (Å²) in [7, 11) is 0. The average molecular weight is 334 g/mol. The molecule has 0 fully saturated rings. The van der Waals surface area contributed by atoms with E-state index in [1.165, 1.54) is 10.3 Å². The van der Waals surface area contributed by atoms with Gasteiger partial charge in [0, 0.05) is 25.5 Å². The SMILES string of the molecule is O=Cc1c(Br)cc(CBr)c2sccc12. The molecule has 1 aromatic heterocycles. The van der Waals surface area contributed by atoms with Crippen LogP contribution in [0.1, 0.15) is 15.9 Å². The summed E-state index contributed by atoms with van der Waals surface area (Å²) in [5, 5.41) is 3.85. The molecule has 1 nitrogen and oxygen atoms in total. The van der Waals surface area contributed by atoms with Gasteiger partial charge >= 0.3 is 0 Å². The minimum atomic E-state index is 0.742. The van der Waals surface area contributed by atoms with Gasteiger partial charge in [0.2, 0.25) is 0 Å². The molecule has 2 rings (SSSR count). The Balaban J connectivity index is 2.88. The predicted molar refractivity (Wildman–Crippen MR) is 67.5 cm³/mol. The van der Waals surface area contributed by atoms with Gasteiger partial charge < -0.3 is 0 Å². The first kappa shape index (κ1) is 10.3. The first-order valence-corrected chi connectivity index (χ1v) is 6.77. The number of hydrogen-bond acceptors (Lipinski definition) is 2. The van der Waals surface area contributed by atoms with Gasteiger partial charge in [-0.3, -0.25) is 4.79 Å². The van der Waals surface area contributed by atoms with Crippen molar-refractivity contribution in [3.05, 3.63) is 33.1 Å². The Kier molecular flexibility index (Phi) is 3.04. The van der Waals surface area contributed by atoms with Crippen LogP contribution in [0.25, 0.3) is 10.1 Å². The standard InChI is InChI=1S/C10H6Br2OS/c11-4-6-3-9(12)8(5-13)7-1-2-14-10(6)7/h1-3,5H,4H2. The van der Waals surface area contributed by atoms with E-state index in [-0.39, 0.29) is 0 Å². The molecule has 0 saturated carbocycles. The Labute approximate surface area is 102 Å². The highest BCUT2D eigenvalue weighted by Gasteiger charge is 2.10. The summed E-state index contributed by atoms with van der Waals surface area (Å²) < 4.78 is 2.06. The van der Waals surface area contributed by atoms with Crippen LogP contribution in [0, 0.1) is 0 Å². The first-order valence-electron chi connectivity index (χ1n) is 3.97. The molecule has 0 aliphatic rings. The van der Waals surface area contributed by atoms with Crippen LogP contribution in [0.2, 0.25) is 0 Å². The largest absolute Gasteiger partial charge is 0.298 e. The fourth-order valence-corrected chi connectivity index (χ4v) is 3.55. The number of fused-ring (bicyclic) bond motifs is 1. The van der Waals surface area contributed by atoms with Crippen LogP contribution in [0.4, 0.5) is 0 Å². The van der Waals surface area contributed by atoms with E-state index in [4.69, 9.17) is 0 Å². The lowest BCUT2D eigenvalue weighted by Crippen LogP contribution is -1.87. The van der Waals surface area contributed by atoms with E-state index in [0.717, 1.165) is 27.0 Å². The molecule has 2 aromatic rings. The number of benzene rings is 1. The van der Waals surface area contributed by atoms with E-state index in [1.807, 2.05) is 17.5 Å². The lowest BCUT2D eigenvalue weighted by atomic mass is 10.1. The Hall–Kier alpha value is -0.190. The van der Waals surface area contributed by atoms with Crippen LogP contribution >= 0.6 is 43.2 Å². The van der Waals surface area contributed by atoms with Gasteiger partial charge in [-0.15, -0.1) is 11.3 Å². The van der Waals surface area contributed by atoms with Gasteiger partial charge in [0.05, 0.1) is 0 Å². The number of thiophene rings is 1. The van der Waals surface area contributed by atoms with Gasteiger partial charge in [0.25, 0.3) is 0 Å². The van der Waals surface area contributed by atoms with Crippen molar-refractivity contribution in [2.75, 3.05) is 0 Å². The van der Waals surface area contributed by atoms with Crippen molar-refractivity contribution in [2.24, 2.45) is 0 Å². The number of hydrogen-bond donors (Lipinski definition) is 0. The number of rotatable bonds is 2. The fourth-order valence-electron chi connectivity index (χ4n) is 1.41. The first-order chi connectivity index (χ1) is 6.77. The van der Waals surface area contributed by atoms with Gasteiger partial charge in [0.15, 0.2) is 6.29 Å². The maximum absolute atomic E-state index is 10.9. The Morgan fingerprint density at radius 2 is 2.29 bits per heavy atom. The second kappa shape index (κ2) is 4.13. The number of alkyl halides is 1. The summed E-state index contributed by atoms with van der Waals surface area (Å²) in [5.41, 5.74) is 1.96. The molecule has 0 spiro atoms. The smallest absolute Gasteiger partial charge is 0.151 e. The van der Waals surface area contributed by atoms with Crippen LogP contribution in [0.5, 0.6) is 0 Å². The summed E-state index contributed by atoms with van der Waals surface area (Å²) >= 11 is 8.51. The summed E-state index contributed by atoms with van der Waals surface area (Å²) in [5.74, 6) is 0. The van der Waals surface area contributed by atoms with E-state index in [1.54, 1.807) is 11.3 Å². The van der Waals surface area contributed by atoms with Gasteiger partial charge in [0.1, 0.15) is 0 Å². The van der Waals surface area contributed by atoms with E-state index >= 15 is 0 Å². The van der Waals surface area contributed by atoms with E-state index in [2.05, 4.69) is 31.9 Å². The molecule has 14 heavy (non-hydrogen) atoms.